The van der Waals surface area contributed by atoms with Gasteiger partial charge in [-0.2, -0.15) is 5.10 Å². The topological polar surface area (TPSA) is 63.8 Å². The van der Waals surface area contributed by atoms with E-state index in [1.807, 2.05) is 52.9 Å². The van der Waals surface area contributed by atoms with E-state index >= 15 is 0 Å². The van der Waals surface area contributed by atoms with Crippen LogP contribution in [0.4, 0.5) is 5.69 Å². The molecule has 7 heteroatoms. The molecule has 4 aromatic rings. The monoisotopic (exact) mass is 598 g/mol. The summed E-state index contributed by atoms with van der Waals surface area (Å²) in [6.07, 6.45) is 14.5. The molecule has 2 aromatic heterocycles. The highest BCUT2D eigenvalue weighted by Crippen LogP contribution is 2.44. The maximum Gasteiger partial charge on any atom is 0.331 e. The molecule has 0 aliphatic heterocycles. The predicted octanol–water partition coefficient (Wildman–Crippen LogP) is 10.8. The highest BCUT2D eigenvalue weighted by Gasteiger charge is 2.30. The molecule has 0 aliphatic rings. The van der Waals surface area contributed by atoms with Gasteiger partial charge in [-0.05, 0) is 37.3 Å². The van der Waals surface area contributed by atoms with E-state index < -0.39 is 5.97 Å². The van der Waals surface area contributed by atoms with Gasteiger partial charge in [0.05, 0.1) is 18.2 Å². The Hall–Kier alpha value is -3.50. The third-order valence-corrected chi connectivity index (χ3v) is 9.36. The van der Waals surface area contributed by atoms with Crippen molar-refractivity contribution < 1.29 is 9.53 Å². The number of hydrogen-bond acceptors (Lipinski definition) is 4. The third-order valence-electron chi connectivity index (χ3n) is 8.11. The normalized spacial score (nSPS) is 12.0. The van der Waals surface area contributed by atoms with E-state index in [0.717, 1.165) is 35.3 Å². The van der Waals surface area contributed by atoms with Crippen LogP contribution >= 0.6 is 11.8 Å². The van der Waals surface area contributed by atoms with E-state index in [1.54, 1.807) is 0 Å². The van der Waals surface area contributed by atoms with Gasteiger partial charge in [-0.25, -0.2) is 9.64 Å². The smallest absolute Gasteiger partial charge is 0.331 e. The van der Waals surface area contributed by atoms with Crippen LogP contribution in [0.1, 0.15) is 107 Å². The number of aromatic nitrogens is 3. The number of esters is 1. The summed E-state index contributed by atoms with van der Waals surface area (Å²) in [5, 5.41) is 8.36. The standard InChI is InChI=1S/C36H46N4O2S/c1-5-7-9-11-12-15-22-28(21-14-10-8-6-2)26-42-36(41)31-32(37-4)35(43-30-25-19-18-20-27(30)3)40-33(38-39-34(31)40)29-23-16-13-17-24-29/h13,16-20,23-25,28,39H,5-12,14-15,21-22,26H2,1-3H3. The SMILES string of the molecule is [C-]#[N+]c1c(C(=O)OCC(CCCCCC)CCCCCCCC)c2[nH]nc(-c3ccccc3)n2c1Sc1ccccc1C. The largest absolute Gasteiger partial charge is 0.463 e. The number of unbranched alkanes of at least 4 members (excludes halogenated alkanes) is 8. The molecule has 0 amide bonds. The summed E-state index contributed by atoms with van der Waals surface area (Å²) >= 11 is 1.49. The molecule has 4 rings (SSSR count). The second-order valence-corrected chi connectivity index (χ2v) is 12.5. The molecule has 0 saturated carbocycles. The summed E-state index contributed by atoms with van der Waals surface area (Å²) < 4.78 is 7.95. The lowest BCUT2D eigenvalue weighted by Crippen LogP contribution is -2.15. The number of carbonyl (C=O) groups is 1. The molecule has 1 unspecified atom stereocenters. The van der Waals surface area contributed by atoms with Crippen molar-refractivity contribution in [1.29, 1.82) is 0 Å². The Morgan fingerprint density at radius 3 is 2.23 bits per heavy atom. The Labute approximate surface area is 261 Å². The van der Waals surface area contributed by atoms with Crippen molar-refractivity contribution in [3.8, 4) is 11.4 Å². The Kier molecular flexibility index (Phi) is 12.8. The van der Waals surface area contributed by atoms with Gasteiger partial charge in [0, 0.05) is 10.5 Å². The molecule has 6 nitrogen and oxygen atoms in total. The summed E-state index contributed by atoms with van der Waals surface area (Å²) in [6.45, 7) is 15.1. The average Bonchev–Trinajstić information content (AvgIpc) is 3.59. The first-order chi connectivity index (χ1) is 21.1. The van der Waals surface area contributed by atoms with Crippen LogP contribution in [-0.4, -0.2) is 27.2 Å². The second kappa shape index (κ2) is 17.0. The number of ether oxygens (including phenoxy) is 1. The molecular weight excluding hydrogens is 552 g/mol. The Morgan fingerprint density at radius 2 is 1.56 bits per heavy atom. The molecule has 0 bridgehead atoms. The summed E-state index contributed by atoms with van der Waals surface area (Å²) in [5.41, 5.74) is 3.08. The van der Waals surface area contributed by atoms with Crippen molar-refractivity contribution in [2.45, 2.75) is 108 Å². The van der Waals surface area contributed by atoms with Gasteiger partial charge in [0.1, 0.15) is 11.2 Å². The van der Waals surface area contributed by atoms with Crippen molar-refractivity contribution in [2.24, 2.45) is 5.92 Å². The zero-order valence-corrected chi connectivity index (χ0v) is 26.8. The van der Waals surface area contributed by atoms with Crippen LogP contribution in [0.5, 0.6) is 0 Å². The van der Waals surface area contributed by atoms with E-state index in [-0.39, 0.29) is 5.56 Å². The Balaban J connectivity index is 1.60. The molecule has 0 saturated heterocycles. The number of aromatic amines is 1. The number of nitrogens with zero attached hydrogens (tertiary/aromatic N) is 3. The quantitative estimate of drug-likeness (QED) is 0.0703. The van der Waals surface area contributed by atoms with Gasteiger partial charge in [-0.3, -0.25) is 9.50 Å². The van der Waals surface area contributed by atoms with Crippen LogP contribution in [-0.2, 0) is 4.74 Å². The maximum absolute atomic E-state index is 13.8. The fourth-order valence-electron chi connectivity index (χ4n) is 5.60. The first-order valence-electron chi connectivity index (χ1n) is 16.0. The summed E-state index contributed by atoms with van der Waals surface area (Å²) in [4.78, 5) is 18.7. The number of hydrogen-bond donors (Lipinski definition) is 1. The predicted molar refractivity (Wildman–Crippen MR) is 177 cm³/mol. The summed E-state index contributed by atoms with van der Waals surface area (Å²) in [6, 6.07) is 17.9. The van der Waals surface area contributed by atoms with Crippen LogP contribution in [0.25, 0.3) is 21.9 Å². The van der Waals surface area contributed by atoms with Gasteiger partial charge >= 0.3 is 5.97 Å². The Bertz CT molecular complexity index is 1480. The van der Waals surface area contributed by atoms with E-state index in [0.29, 0.717) is 34.7 Å². The zero-order chi connectivity index (χ0) is 30.4. The number of rotatable bonds is 18. The highest BCUT2D eigenvalue weighted by atomic mass is 32.2. The minimum atomic E-state index is -0.454. The lowest BCUT2D eigenvalue weighted by Gasteiger charge is -2.17. The lowest BCUT2D eigenvalue weighted by molar-refractivity contribution is 0.0425. The lowest BCUT2D eigenvalue weighted by atomic mass is 9.95. The van der Waals surface area contributed by atoms with Crippen molar-refractivity contribution >= 4 is 29.1 Å². The molecular formula is C36H46N4O2S. The first kappa shape index (κ1) is 32.4. The fourth-order valence-corrected chi connectivity index (χ4v) is 6.70. The van der Waals surface area contributed by atoms with Crippen molar-refractivity contribution in [3.05, 3.63) is 77.1 Å². The minimum Gasteiger partial charge on any atom is -0.463 e. The molecule has 2 heterocycles. The number of aryl methyl sites for hydroxylation is 1. The van der Waals surface area contributed by atoms with Crippen LogP contribution in [0.3, 0.4) is 0 Å². The highest BCUT2D eigenvalue weighted by molar-refractivity contribution is 7.99. The van der Waals surface area contributed by atoms with Gasteiger partial charge in [-0.1, -0.05) is 138 Å². The van der Waals surface area contributed by atoms with Gasteiger partial charge in [0.2, 0.25) is 5.69 Å². The van der Waals surface area contributed by atoms with Crippen LogP contribution in [0.15, 0.2) is 64.5 Å². The molecule has 0 fully saturated rings. The number of H-pyrrole nitrogens is 1. The molecule has 228 valence electrons. The minimum absolute atomic E-state index is 0.269. The molecule has 1 N–H and O–H groups in total. The molecule has 1 atom stereocenters. The van der Waals surface area contributed by atoms with Gasteiger partial charge in [-0.15, -0.1) is 0 Å². The van der Waals surface area contributed by atoms with E-state index in [4.69, 9.17) is 11.3 Å². The summed E-state index contributed by atoms with van der Waals surface area (Å²) in [7, 11) is 0. The number of nitrogens with one attached hydrogen (secondary N) is 1. The van der Waals surface area contributed by atoms with Gasteiger partial charge in [0.15, 0.2) is 5.82 Å². The third kappa shape index (κ3) is 8.54. The molecule has 0 spiro atoms. The number of benzene rings is 2. The number of fused-ring (bicyclic) bond motifs is 1. The van der Waals surface area contributed by atoms with Gasteiger partial charge < -0.3 is 4.74 Å². The summed E-state index contributed by atoms with van der Waals surface area (Å²) in [5.74, 6) is 0.543. The first-order valence-corrected chi connectivity index (χ1v) is 16.9. The van der Waals surface area contributed by atoms with Crippen LogP contribution in [0, 0.1) is 19.4 Å². The Morgan fingerprint density at radius 1 is 0.930 bits per heavy atom. The van der Waals surface area contributed by atoms with E-state index in [1.165, 1.54) is 69.5 Å². The second-order valence-electron chi connectivity index (χ2n) is 11.5. The van der Waals surface area contributed by atoms with E-state index in [9.17, 15) is 4.79 Å². The zero-order valence-electron chi connectivity index (χ0n) is 26.0. The maximum atomic E-state index is 13.8. The molecule has 2 aromatic carbocycles. The van der Waals surface area contributed by atoms with Crippen LogP contribution < -0.4 is 0 Å². The van der Waals surface area contributed by atoms with E-state index in [2.05, 4.69) is 41.9 Å². The van der Waals surface area contributed by atoms with Crippen molar-refractivity contribution in [3.63, 3.8) is 0 Å². The number of carbonyl (C=O) groups excluding carboxylic acids is 1. The molecule has 0 aliphatic carbocycles. The average molecular weight is 599 g/mol. The van der Waals surface area contributed by atoms with Crippen molar-refractivity contribution in [2.75, 3.05) is 6.61 Å². The van der Waals surface area contributed by atoms with Gasteiger partial charge in [0.25, 0.3) is 0 Å². The molecule has 43 heavy (non-hydrogen) atoms. The molecule has 0 radical (unpaired) electrons. The fraction of sp³-hybridized carbons (Fsp3) is 0.472. The van der Waals surface area contributed by atoms with Crippen LogP contribution in [0.2, 0.25) is 0 Å². The van der Waals surface area contributed by atoms with Crippen molar-refractivity contribution in [1.82, 2.24) is 14.6 Å².